The van der Waals surface area contributed by atoms with Crippen molar-refractivity contribution in [2.75, 3.05) is 11.1 Å². The highest BCUT2D eigenvalue weighted by Crippen LogP contribution is 2.27. The van der Waals surface area contributed by atoms with Gasteiger partial charge in [0.25, 0.3) is 0 Å². The third-order valence-corrected chi connectivity index (χ3v) is 4.27. The summed E-state index contributed by atoms with van der Waals surface area (Å²) in [5.74, 6) is -0.00544. The Morgan fingerprint density at radius 3 is 2.43 bits per heavy atom. The number of aryl methyl sites for hydroxylation is 1. The van der Waals surface area contributed by atoms with Crippen LogP contribution in [0.1, 0.15) is 18.1 Å². The number of nitrogens with two attached hydrogens (primary N) is 1. The number of primary amides is 1. The first kappa shape index (κ1) is 15.4. The van der Waals surface area contributed by atoms with Crippen LogP contribution in [-0.2, 0) is 17.8 Å². The van der Waals surface area contributed by atoms with Crippen molar-refractivity contribution in [3.63, 3.8) is 0 Å². The Morgan fingerprint density at radius 2 is 1.76 bits per heavy atom. The molecule has 21 heavy (non-hydrogen) atoms. The average Bonchev–Trinajstić information content (AvgIpc) is 2.52. The van der Waals surface area contributed by atoms with Crippen LogP contribution < -0.4 is 11.1 Å². The van der Waals surface area contributed by atoms with E-state index < -0.39 is 0 Å². The number of para-hydroxylation sites is 1. The Labute approximate surface area is 129 Å². The van der Waals surface area contributed by atoms with E-state index in [-0.39, 0.29) is 5.91 Å². The van der Waals surface area contributed by atoms with Crippen molar-refractivity contribution >= 4 is 23.4 Å². The van der Waals surface area contributed by atoms with Gasteiger partial charge in [-0.2, -0.15) is 0 Å². The van der Waals surface area contributed by atoms with Crippen molar-refractivity contribution in [2.45, 2.75) is 24.8 Å². The molecule has 0 saturated heterocycles. The summed E-state index contributed by atoms with van der Waals surface area (Å²) in [5.41, 5.74) is 8.81. The highest BCUT2D eigenvalue weighted by Gasteiger charge is 2.04. The summed E-state index contributed by atoms with van der Waals surface area (Å²) in [6, 6.07) is 16.6. The van der Waals surface area contributed by atoms with Crippen LogP contribution in [0.5, 0.6) is 0 Å². The van der Waals surface area contributed by atoms with Crippen molar-refractivity contribution in [3.8, 4) is 0 Å². The molecular weight excluding hydrogens is 280 g/mol. The maximum atomic E-state index is 10.9. The number of benzene rings is 2. The van der Waals surface area contributed by atoms with Gasteiger partial charge in [-0.3, -0.25) is 4.79 Å². The Hall–Kier alpha value is -1.94. The largest absolute Gasteiger partial charge is 0.380 e. The number of hydrogen-bond donors (Lipinski definition) is 2. The van der Waals surface area contributed by atoms with Gasteiger partial charge in [-0.15, -0.1) is 11.8 Å². The van der Waals surface area contributed by atoms with Gasteiger partial charge in [-0.1, -0.05) is 43.3 Å². The molecule has 0 saturated carbocycles. The SMILES string of the molecule is CCc1ccc(CNc2ccccc2SCC(N)=O)cc1. The number of nitrogens with one attached hydrogen (secondary N) is 1. The van der Waals surface area contributed by atoms with Gasteiger partial charge >= 0.3 is 0 Å². The van der Waals surface area contributed by atoms with Gasteiger partial charge in [0.15, 0.2) is 0 Å². The molecule has 0 spiro atoms. The van der Waals surface area contributed by atoms with E-state index in [0.717, 1.165) is 23.5 Å². The lowest BCUT2D eigenvalue weighted by Crippen LogP contribution is -2.13. The number of thioether (sulfide) groups is 1. The zero-order valence-electron chi connectivity index (χ0n) is 12.1. The van der Waals surface area contributed by atoms with Gasteiger partial charge in [0.2, 0.25) is 5.91 Å². The van der Waals surface area contributed by atoms with Crippen LogP contribution in [0.4, 0.5) is 5.69 Å². The normalized spacial score (nSPS) is 10.3. The van der Waals surface area contributed by atoms with E-state index in [9.17, 15) is 4.79 Å². The molecular formula is C17H20N2OS. The molecule has 0 heterocycles. The van der Waals surface area contributed by atoms with Crippen LogP contribution in [0.15, 0.2) is 53.4 Å². The molecule has 0 aliphatic carbocycles. The van der Waals surface area contributed by atoms with Crippen molar-refractivity contribution in [2.24, 2.45) is 5.73 Å². The fraction of sp³-hybridized carbons (Fsp3) is 0.235. The predicted octanol–water partition coefficient (Wildman–Crippen LogP) is 3.44. The van der Waals surface area contributed by atoms with Crippen LogP contribution in [0.2, 0.25) is 0 Å². The topological polar surface area (TPSA) is 55.1 Å². The number of carbonyl (C=O) groups excluding carboxylic acids is 1. The molecule has 1 amide bonds. The predicted molar refractivity (Wildman–Crippen MR) is 89.5 cm³/mol. The van der Waals surface area contributed by atoms with E-state index in [4.69, 9.17) is 5.73 Å². The first-order valence-corrected chi connectivity index (χ1v) is 7.99. The molecule has 0 aliphatic heterocycles. The Balaban J connectivity index is 2.00. The molecule has 3 nitrogen and oxygen atoms in total. The summed E-state index contributed by atoms with van der Waals surface area (Å²) < 4.78 is 0. The molecule has 3 N–H and O–H groups in total. The van der Waals surface area contributed by atoms with Crippen molar-refractivity contribution in [1.29, 1.82) is 0 Å². The van der Waals surface area contributed by atoms with Gasteiger partial charge in [-0.25, -0.2) is 0 Å². The van der Waals surface area contributed by atoms with E-state index >= 15 is 0 Å². The summed E-state index contributed by atoms with van der Waals surface area (Å²) in [4.78, 5) is 11.9. The van der Waals surface area contributed by atoms with E-state index in [1.165, 1.54) is 22.9 Å². The zero-order valence-corrected chi connectivity index (χ0v) is 13.0. The molecule has 2 aromatic rings. The molecule has 0 unspecified atom stereocenters. The van der Waals surface area contributed by atoms with Crippen LogP contribution in [0, 0.1) is 0 Å². The third kappa shape index (κ3) is 4.83. The monoisotopic (exact) mass is 300 g/mol. The molecule has 0 aliphatic rings. The van der Waals surface area contributed by atoms with Crippen LogP contribution in [0.3, 0.4) is 0 Å². The molecule has 0 radical (unpaired) electrons. The Kier molecular flexibility index (Phi) is 5.69. The molecule has 0 aromatic heterocycles. The summed E-state index contributed by atoms with van der Waals surface area (Å²) in [6.45, 7) is 2.91. The number of anilines is 1. The molecule has 4 heteroatoms. The summed E-state index contributed by atoms with van der Waals surface area (Å²) in [7, 11) is 0. The molecule has 2 rings (SSSR count). The van der Waals surface area contributed by atoms with Crippen LogP contribution in [-0.4, -0.2) is 11.7 Å². The van der Waals surface area contributed by atoms with Gasteiger partial charge in [0, 0.05) is 17.1 Å². The van der Waals surface area contributed by atoms with Gasteiger partial charge < -0.3 is 11.1 Å². The van der Waals surface area contributed by atoms with Gasteiger partial charge in [0.1, 0.15) is 0 Å². The number of amides is 1. The molecule has 0 bridgehead atoms. The zero-order chi connectivity index (χ0) is 15.1. The second kappa shape index (κ2) is 7.74. The van der Waals surface area contributed by atoms with Gasteiger partial charge in [-0.05, 0) is 29.7 Å². The number of hydrogen-bond acceptors (Lipinski definition) is 3. The minimum Gasteiger partial charge on any atom is -0.380 e. The highest BCUT2D eigenvalue weighted by atomic mass is 32.2. The molecule has 0 atom stereocenters. The van der Waals surface area contributed by atoms with Gasteiger partial charge in [0.05, 0.1) is 5.75 Å². The summed E-state index contributed by atoms with van der Waals surface area (Å²) >= 11 is 1.46. The maximum Gasteiger partial charge on any atom is 0.227 e. The Morgan fingerprint density at radius 1 is 1.10 bits per heavy atom. The molecule has 110 valence electrons. The first-order chi connectivity index (χ1) is 10.2. The minimum atomic E-state index is -0.301. The summed E-state index contributed by atoms with van der Waals surface area (Å²) in [6.07, 6.45) is 1.06. The summed E-state index contributed by atoms with van der Waals surface area (Å²) in [5, 5.41) is 3.42. The van der Waals surface area contributed by atoms with E-state index in [1.54, 1.807) is 0 Å². The fourth-order valence-corrected chi connectivity index (χ4v) is 2.75. The van der Waals surface area contributed by atoms with E-state index in [2.05, 4.69) is 36.5 Å². The average molecular weight is 300 g/mol. The lowest BCUT2D eigenvalue weighted by molar-refractivity contribution is -0.115. The Bertz CT molecular complexity index is 596. The van der Waals surface area contributed by atoms with E-state index in [0.29, 0.717) is 5.75 Å². The minimum absolute atomic E-state index is 0.296. The molecule has 2 aromatic carbocycles. The lowest BCUT2D eigenvalue weighted by atomic mass is 10.1. The van der Waals surface area contributed by atoms with Crippen LogP contribution in [0.25, 0.3) is 0 Å². The fourth-order valence-electron chi connectivity index (χ4n) is 1.98. The first-order valence-electron chi connectivity index (χ1n) is 7.01. The highest BCUT2D eigenvalue weighted by molar-refractivity contribution is 8.00. The number of rotatable bonds is 7. The smallest absolute Gasteiger partial charge is 0.227 e. The van der Waals surface area contributed by atoms with E-state index in [1.807, 2.05) is 24.3 Å². The lowest BCUT2D eigenvalue weighted by Gasteiger charge is -2.11. The van der Waals surface area contributed by atoms with Crippen molar-refractivity contribution in [1.82, 2.24) is 0 Å². The standard InChI is InChI=1S/C17H20N2OS/c1-2-13-7-9-14(10-8-13)11-19-15-5-3-4-6-16(15)21-12-17(18)20/h3-10,19H,2,11-12H2,1H3,(H2,18,20). The maximum absolute atomic E-state index is 10.9. The number of carbonyl (C=O) groups is 1. The second-order valence-corrected chi connectivity index (χ2v) is 5.79. The van der Waals surface area contributed by atoms with Crippen molar-refractivity contribution in [3.05, 3.63) is 59.7 Å². The second-order valence-electron chi connectivity index (χ2n) is 4.77. The third-order valence-electron chi connectivity index (χ3n) is 3.17. The van der Waals surface area contributed by atoms with Crippen LogP contribution >= 0.6 is 11.8 Å². The quantitative estimate of drug-likeness (QED) is 0.770. The van der Waals surface area contributed by atoms with Crippen molar-refractivity contribution < 1.29 is 4.79 Å². The molecule has 0 fully saturated rings.